The van der Waals surface area contributed by atoms with E-state index in [0.29, 0.717) is 28.6 Å². The molecule has 1 fully saturated rings. The van der Waals surface area contributed by atoms with E-state index >= 15 is 0 Å². The van der Waals surface area contributed by atoms with Gasteiger partial charge in [0.05, 0.1) is 28.1 Å². The van der Waals surface area contributed by atoms with E-state index in [0.717, 1.165) is 30.8 Å². The van der Waals surface area contributed by atoms with Crippen molar-refractivity contribution in [3.05, 3.63) is 64.3 Å². The highest BCUT2D eigenvalue weighted by molar-refractivity contribution is 6.35. The standard InChI is InChI=1S/C24H20Cl2FN7O/c25-16-11-30-12-17(26)22(16)24(29)35-20-8-15-19(9-18(20)27)32-33-23(15)13-3-4-21(31-10-13)34-7-1-2-14(34)5-6-28/h3-4,8-12,14,24H,1-2,5,7,29H2,(H,32,33)/t14-,24-/m0/s1. The number of halogens is 3. The Morgan fingerprint density at radius 1 is 1.26 bits per heavy atom. The SMILES string of the molecule is N#CC[C@@H]1CCCN1c1ccc(-c2n[nH]c3cc(F)c(O[C@H](N)c4c(Cl)cncc4Cl)cc23)cn1. The summed E-state index contributed by atoms with van der Waals surface area (Å²) < 4.78 is 20.5. The molecule has 2 atom stereocenters. The van der Waals surface area contributed by atoms with Crippen LogP contribution in [-0.2, 0) is 0 Å². The van der Waals surface area contributed by atoms with Crippen molar-refractivity contribution in [2.45, 2.75) is 31.5 Å². The van der Waals surface area contributed by atoms with Gasteiger partial charge in [0.1, 0.15) is 11.5 Å². The van der Waals surface area contributed by atoms with Crippen LogP contribution in [0.1, 0.15) is 31.1 Å². The van der Waals surface area contributed by atoms with Gasteiger partial charge in [-0.2, -0.15) is 10.4 Å². The van der Waals surface area contributed by atoms with Crippen molar-refractivity contribution >= 4 is 39.9 Å². The van der Waals surface area contributed by atoms with Gasteiger partial charge in [0, 0.05) is 53.8 Å². The molecule has 0 amide bonds. The zero-order valence-corrected chi connectivity index (χ0v) is 19.9. The normalized spacial score (nSPS) is 16.4. The molecule has 0 spiro atoms. The number of nitrogens with zero attached hydrogens (tertiary/aromatic N) is 5. The molecule has 0 bridgehead atoms. The van der Waals surface area contributed by atoms with Crippen molar-refractivity contribution in [3.8, 4) is 23.1 Å². The molecule has 4 aromatic rings. The molecule has 4 heterocycles. The Bertz CT molecular complexity index is 1400. The Morgan fingerprint density at radius 3 is 2.77 bits per heavy atom. The lowest BCUT2D eigenvalue weighted by Gasteiger charge is -2.23. The first-order valence-electron chi connectivity index (χ1n) is 10.9. The van der Waals surface area contributed by atoms with E-state index in [2.05, 4.69) is 31.1 Å². The lowest BCUT2D eigenvalue weighted by molar-refractivity contribution is 0.205. The average Bonchev–Trinajstić information content (AvgIpc) is 3.46. The van der Waals surface area contributed by atoms with Crippen LogP contribution in [0.2, 0.25) is 10.0 Å². The summed E-state index contributed by atoms with van der Waals surface area (Å²) in [4.78, 5) is 10.7. The van der Waals surface area contributed by atoms with Crippen molar-refractivity contribution in [1.82, 2.24) is 20.2 Å². The quantitative estimate of drug-likeness (QED) is 0.333. The van der Waals surface area contributed by atoms with Crippen LogP contribution in [0.3, 0.4) is 0 Å². The number of hydrogen-bond acceptors (Lipinski definition) is 7. The van der Waals surface area contributed by atoms with E-state index in [4.69, 9.17) is 38.9 Å². The largest absolute Gasteiger partial charge is 0.468 e. The molecule has 0 aliphatic carbocycles. The van der Waals surface area contributed by atoms with Gasteiger partial charge < -0.3 is 9.64 Å². The smallest absolute Gasteiger partial charge is 0.177 e. The molecular weight excluding hydrogens is 492 g/mol. The third kappa shape index (κ3) is 4.48. The van der Waals surface area contributed by atoms with Gasteiger partial charge in [0.25, 0.3) is 0 Å². The van der Waals surface area contributed by atoms with E-state index in [1.54, 1.807) is 6.20 Å². The van der Waals surface area contributed by atoms with Crippen molar-refractivity contribution < 1.29 is 9.13 Å². The summed E-state index contributed by atoms with van der Waals surface area (Å²) in [7, 11) is 0. The molecule has 178 valence electrons. The second-order valence-corrected chi connectivity index (χ2v) is 9.03. The lowest BCUT2D eigenvalue weighted by atomic mass is 10.1. The Morgan fingerprint density at radius 2 is 2.06 bits per heavy atom. The van der Waals surface area contributed by atoms with Gasteiger partial charge in [0.15, 0.2) is 17.8 Å². The van der Waals surface area contributed by atoms with Gasteiger partial charge in [0.2, 0.25) is 0 Å². The summed E-state index contributed by atoms with van der Waals surface area (Å²) in [6, 6.07) is 9.08. The minimum atomic E-state index is -1.11. The minimum Gasteiger partial charge on any atom is -0.468 e. The number of H-pyrrole nitrogens is 1. The van der Waals surface area contributed by atoms with E-state index in [1.165, 1.54) is 24.5 Å². The van der Waals surface area contributed by atoms with Crippen LogP contribution in [-0.4, -0.2) is 32.8 Å². The van der Waals surface area contributed by atoms with Gasteiger partial charge in [-0.3, -0.25) is 15.8 Å². The molecular formula is C24H20Cl2FN7O. The topological polar surface area (TPSA) is 117 Å². The Hall–Kier alpha value is -3.45. The second kappa shape index (κ2) is 9.66. The van der Waals surface area contributed by atoms with Crippen LogP contribution < -0.4 is 15.4 Å². The maximum Gasteiger partial charge on any atom is 0.177 e. The molecule has 3 N–H and O–H groups in total. The molecule has 8 nitrogen and oxygen atoms in total. The molecule has 11 heteroatoms. The fourth-order valence-corrected chi connectivity index (χ4v) is 4.95. The van der Waals surface area contributed by atoms with Crippen molar-refractivity contribution in [3.63, 3.8) is 0 Å². The van der Waals surface area contributed by atoms with Gasteiger partial charge >= 0.3 is 0 Å². The summed E-state index contributed by atoms with van der Waals surface area (Å²) in [5.41, 5.74) is 8.28. The monoisotopic (exact) mass is 511 g/mol. The lowest BCUT2D eigenvalue weighted by Crippen LogP contribution is -2.29. The van der Waals surface area contributed by atoms with Crippen LogP contribution in [0.5, 0.6) is 5.75 Å². The second-order valence-electron chi connectivity index (χ2n) is 8.21. The van der Waals surface area contributed by atoms with Gasteiger partial charge in [-0.15, -0.1) is 0 Å². The van der Waals surface area contributed by atoms with Crippen LogP contribution in [0.4, 0.5) is 10.2 Å². The number of nitriles is 1. The average molecular weight is 512 g/mol. The predicted molar refractivity (Wildman–Crippen MR) is 132 cm³/mol. The molecule has 5 rings (SSSR count). The van der Waals surface area contributed by atoms with Crippen LogP contribution in [0.25, 0.3) is 22.2 Å². The predicted octanol–water partition coefficient (Wildman–Crippen LogP) is 5.38. The van der Waals surface area contributed by atoms with Crippen molar-refractivity contribution in [2.24, 2.45) is 5.73 Å². The highest BCUT2D eigenvalue weighted by Crippen LogP contribution is 2.35. The molecule has 1 aromatic carbocycles. The zero-order valence-electron chi connectivity index (χ0n) is 18.4. The van der Waals surface area contributed by atoms with E-state index in [-0.39, 0.29) is 21.8 Å². The molecule has 1 saturated heterocycles. The summed E-state index contributed by atoms with van der Waals surface area (Å²) >= 11 is 12.3. The van der Waals surface area contributed by atoms with E-state index < -0.39 is 12.0 Å². The summed E-state index contributed by atoms with van der Waals surface area (Å²) in [6.45, 7) is 0.871. The van der Waals surface area contributed by atoms with Crippen molar-refractivity contribution in [1.29, 1.82) is 5.26 Å². The summed E-state index contributed by atoms with van der Waals surface area (Å²) in [5, 5.41) is 17.4. The molecule has 35 heavy (non-hydrogen) atoms. The first kappa shape index (κ1) is 23.3. The molecule has 1 aliphatic heterocycles. The van der Waals surface area contributed by atoms with Gasteiger partial charge in [-0.25, -0.2) is 9.37 Å². The number of ether oxygens (including phenoxy) is 1. The van der Waals surface area contributed by atoms with Gasteiger partial charge in [-0.05, 0) is 31.0 Å². The van der Waals surface area contributed by atoms with Crippen LogP contribution in [0.15, 0.2) is 42.9 Å². The number of fused-ring (bicyclic) bond motifs is 1. The zero-order chi connectivity index (χ0) is 24.5. The third-order valence-corrected chi connectivity index (χ3v) is 6.67. The molecule has 0 saturated carbocycles. The molecule has 0 unspecified atom stereocenters. The Kier molecular flexibility index (Phi) is 6.43. The highest BCUT2D eigenvalue weighted by Gasteiger charge is 2.25. The van der Waals surface area contributed by atoms with Crippen LogP contribution in [0, 0.1) is 17.1 Å². The van der Waals surface area contributed by atoms with Gasteiger partial charge in [-0.1, -0.05) is 23.2 Å². The van der Waals surface area contributed by atoms with E-state index in [9.17, 15) is 4.39 Å². The Labute approximate surface area is 210 Å². The fraction of sp³-hybridized carbons (Fsp3) is 0.250. The number of pyridine rings is 2. The highest BCUT2D eigenvalue weighted by atomic mass is 35.5. The fourth-order valence-electron chi connectivity index (χ4n) is 4.37. The third-order valence-electron chi connectivity index (χ3n) is 6.06. The number of anilines is 1. The summed E-state index contributed by atoms with van der Waals surface area (Å²) in [6.07, 6.45) is 5.88. The van der Waals surface area contributed by atoms with Crippen molar-refractivity contribution in [2.75, 3.05) is 11.4 Å². The Balaban J connectivity index is 1.44. The number of nitrogens with one attached hydrogen (secondary N) is 1. The van der Waals surface area contributed by atoms with Crippen LogP contribution >= 0.6 is 23.2 Å². The van der Waals surface area contributed by atoms with E-state index in [1.807, 2.05) is 12.1 Å². The number of aromatic nitrogens is 4. The first-order chi connectivity index (χ1) is 17.0. The number of rotatable bonds is 6. The maximum atomic E-state index is 14.8. The molecule has 3 aromatic heterocycles. The number of nitrogens with two attached hydrogens (primary N) is 1. The first-order valence-corrected chi connectivity index (χ1v) is 11.7. The summed E-state index contributed by atoms with van der Waals surface area (Å²) in [5.74, 6) is 0.131. The minimum absolute atomic E-state index is 0.0717. The molecule has 1 aliphatic rings. The number of benzene rings is 1. The number of aromatic amines is 1. The number of hydrogen-bond donors (Lipinski definition) is 2. The maximum absolute atomic E-state index is 14.8. The molecule has 0 radical (unpaired) electrons.